The zero-order chi connectivity index (χ0) is 24.5. The zero-order valence-electron chi connectivity index (χ0n) is 17.3. The topological polar surface area (TPSA) is 59.8 Å². The zero-order valence-corrected chi connectivity index (χ0v) is 18.2. The molecule has 0 bridgehead atoms. The summed E-state index contributed by atoms with van der Waals surface area (Å²) >= 11 is 0. The third-order valence-electron chi connectivity index (χ3n) is 5.65. The Labute approximate surface area is 183 Å². The molecule has 1 aromatic carbocycles. The van der Waals surface area contributed by atoms with Gasteiger partial charge in [0.2, 0.25) is 0 Å². The van der Waals surface area contributed by atoms with Crippen LogP contribution in [0.1, 0.15) is 37.2 Å². The van der Waals surface area contributed by atoms with E-state index in [1.54, 1.807) is 0 Å². The summed E-state index contributed by atoms with van der Waals surface area (Å²) in [5.41, 5.74) is -2.22. The van der Waals surface area contributed by atoms with Crippen molar-refractivity contribution in [3.05, 3.63) is 58.3 Å². The molecule has 1 aliphatic carbocycles. The number of hydrogen-bond donors (Lipinski definition) is 1. The second-order valence-corrected chi connectivity index (χ2v) is 10.6. The molecular formula is C20H19F7N4OS. The minimum Gasteiger partial charge on any atom is -0.363 e. The monoisotopic (exact) mass is 496 g/mol. The number of benzene rings is 1. The lowest BCUT2D eigenvalue weighted by Gasteiger charge is -2.40. The second kappa shape index (κ2) is 6.61. The minimum atomic E-state index is -9.87. The fourth-order valence-corrected chi connectivity index (χ4v) is 4.38. The van der Waals surface area contributed by atoms with E-state index in [9.17, 15) is 33.0 Å². The van der Waals surface area contributed by atoms with Gasteiger partial charge in [0.1, 0.15) is 22.1 Å². The van der Waals surface area contributed by atoms with Gasteiger partial charge in [-0.1, -0.05) is 31.6 Å². The van der Waals surface area contributed by atoms with E-state index in [2.05, 4.69) is 15.3 Å². The predicted molar refractivity (Wildman–Crippen MR) is 112 cm³/mol. The van der Waals surface area contributed by atoms with Crippen molar-refractivity contribution < 1.29 is 28.2 Å². The average Bonchev–Trinajstić information content (AvgIpc) is 3.47. The molecule has 2 aromatic heterocycles. The summed E-state index contributed by atoms with van der Waals surface area (Å²) in [6.45, 7) is 2.95. The molecule has 4 rings (SSSR count). The van der Waals surface area contributed by atoms with Gasteiger partial charge in [-0.2, -0.15) is 0 Å². The molecule has 0 aliphatic heterocycles. The van der Waals surface area contributed by atoms with Gasteiger partial charge in [-0.25, -0.2) is 18.7 Å². The summed E-state index contributed by atoms with van der Waals surface area (Å²) in [5.74, 6) is 0.284. The maximum absolute atomic E-state index is 13.6. The largest absolute Gasteiger partial charge is 0.363 e. The molecule has 0 radical (unpaired) electrons. The Bertz CT molecular complexity index is 1320. The van der Waals surface area contributed by atoms with E-state index in [1.165, 1.54) is 26.1 Å². The Balaban J connectivity index is 1.77. The molecule has 33 heavy (non-hydrogen) atoms. The third-order valence-corrected chi connectivity index (χ3v) is 6.79. The molecule has 0 saturated heterocycles. The quantitative estimate of drug-likeness (QED) is 0.387. The third kappa shape index (κ3) is 4.37. The van der Waals surface area contributed by atoms with Crippen molar-refractivity contribution in [3.8, 4) is 0 Å². The van der Waals surface area contributed by atoms with Crippen LogP contribution in [0.4, 0.5) is 34.0 Å². The summed E-state index contributed by atoms with van der Waals surface area (Å²) < 4.78 is 94.1. The molecule has 2 heterocycles. The van der Waals surface area contributed by atoms with Gasteiger partial charge >= 0.3 is 10.2 Å². The Morgan fingerprint density at radius 2 is 1.76 bits per heavy atom. The molecule has 0 spiro atoms. The van der Waals surface area contributed by atoms with Crippen molar-refractivity contribution in [2.24, 2.45) is 0 Å². The van der Waals surface area contributed by atoms with E-state index < -0.39 is 38.7 Å². The van der Waals surface area contributed by atoms with E-state index in [1.807, 2.05) is 0 Å². The Hall–Kier alpha value is -2.83. The molecule has 1 fully saturated rings. The molecule has 1 saturated carbocycles. The average molecular weight is 496 g/mol. The fourth-order valence-electron chi connectivity index (χ4n) is 3.68. The van der Waals surface area contributed by atoms with Crippen LogP contribution in [0.3, 0.4) is 0 Å². The van der Waals surface area contributed by atoms with Gasteiger partial charge in [0.05, 0.1) is 16.9 Å². The SMILES string of the molecule is Cc1nc(NC(C)c2cccc(S(F)(F)(F)(F)F)c2)c2cn(C3(C(F)F)CC3)c(=O)cc2n1. The van der Waals surface area contributed by atoms with Gasteiger partial charge in [-0.15, -0.1) is 0 Å². The lowest BCUT2D eigenvalue weighted by atomic mass is 10.1. The van der Waals surface area contributed by atoms with E-state index in [0.717, 1.165) is 16.7 Å². The van der Waals surface area contributed by atoms with Crippen molar-refractivity contribution in [2.75, 3.05) is 5.32 Å². The number of pyridine rings is 1. The first-order chi connectivity index (χ1) is 15.0. The number of halogens is 7. The van der Waals surface area contributed by atoms with Crippen LogP contribution in [-0.4, -0.2) is 21.0 Å². The molecule has 1 aliphatic rings. The lowest BCUT2D eigenvalue weighted by Crippen LogP contribution is -2.35. The number of nitrogens with zero attached hydrogens (tertiary/aromatic N) is 3. The highest BCUT2D eigenvalue weighted by Crippen LogP contribution is 3.02. The van der Waals surface area contributed by atoms with Crippen LogP contribution in [0, 0.1) is 6.92 Å². The highest BCUT2D eigenvalue weighted by atomic mass is 32.5. The summed E-state index contributed by atoms with van der Waals surface area (Å²) in [6, 6.07) is 2.96. The van der Waals surface area contributed by atoms with Crippen LogP contribution in [0.2, 0.25) is 0 Å². The summed E-state index contributed by atoms with van der Waals surface area (Å²) in [6.07, 6.45) is -1.34. The number of nitrogens with one attached hydrogen (secondary N) is 1. The van der Waals surface area contributed by atoms with Gasteiger partial charge in [0.25, 0.3) is 12.0 Å². The summed E-state index contributed by atoms with van der Waals surface area (Å²) in [7, 11) is -9.87. The second-order valence-electron chi connectivity index (χ2n) is 8.21. The lowest BCUT2D eigenvalue weighted by molar-refractivity contribution is 0.0654. The smallest absolute Gasteiger partial charge is 0.310 e. The van der Waals surface area contributed by atoms with Crippen LogP contribution in [-0.2, 0) is 5.54 Å². The number of aryl methyl sites for hydroxylation is 1. The first-order valence-electron chi connectivity index (χ1n) is 9.80. The van der Waals surface area contributed by atoms with Crippen molar-refractivity contribution in [1.29, 1.82) is 0 Å². The Morgan fingerprint density at radius 1 is 1.09 bits per heavy atom. The molecule has 5 nitrogen and oxygen atoms in total. The Kier molecular flexibility index (Phi) is 4.67. The van der Waals surface area contributed by atoms with Crippen LogP contribution in [0.5, 0.6) is 0 Å². The molecule has 13 heteroatoms. The molecule has 0 amide bonds. The van der Waals surface area contributed by atoms with Gasteiger partial charge in [-0.3, -0.25) is 4.79 Å². The van der Waals surface area contributed by atoms with E-state index in [4.69, 9.17) is 0 Å². The number of anilines is 1. The van der Waals surface area contributed by atoms with E-state index >= 15 is 0 Å². The van der Waals surface area contributed by atoms with Crippen LogP contribution < -0.4 is 10.9 Å². The van der Waals surface area contributed by atoms with Crippen molar-refractivity contribution >= 4 is 26.9 Å². The number of fused-ring (bicyclic) bond motifs is 1. The highest BCUT2D eigenvalue weighted by molar-refractivity contribution is 8.45. The molecule has 1 atom stereocenters. The van der Waals surface area contributed by atoms with Gasteiger partial charge in [-0.05, 0) is 44.4 Å². The summed E-state index contributed by atoms with van der Waals surface area (Å²) in [5, 5.41) is 3.04. The van der Waals surface area contributed by atoms with Crippen LogP contribution >= 0.6 is 10.2 Å². The first-order valence-corrected chi connectivity index (χ1v) is 11.8. The number of alkyl halides is 2. The van der Waals surface area contributed by atoms with Crippen molar-refractivity contribution in [1.82, 2.24) is 14.5 Å². The van der Waals surface area contributed by atoms with Crippen molar-refractivity contribution in [3.63, 3.8) is 0 Å². The molecule has 1 N–H and O–H groups in total. The maximum atomic E-state index is 13.6. The molecular weight excluding hydrogens is 477 g/mol. The normalized spacial score (nSPS) is 18.6. The van der Waals surface area contributed by atoms with Gasteiger partial charge < -0.3 is 9.88 Å². The molecule has 1 unspecified atom stereocenters. The summed E-state index contributed by atoms with van der Waals surface area (Å²) in [4.78, 5) is 18.8. The molecule has 180 valence electrons. The predicted octanol–water partition coefficient (Wildman–Crippen LogP) is 6.68. The van der Waals surface area contributed by atoms with Crippen LogP contribution in [0.15, 0.2) is 46.2 Å². The fraction of sp³-hybridized carbons (Fsp3) is 0.350. The number of hydrogen-bond acceptors (Lipinski definition) is 4. The molecule has 3 aromatic rings. The number of aromatic nitrogens is 3. The van der Waals surface area contributed by atoms with E-state index in [0.29, 0.717) is 12.1 Å². The number of rotatable bonds is 6. The minimum absolute atomic E-state index is 0.0709. The van der Waals surface area contributed by atoms with Crippen LogP contribution in [0.25, 0.3) is 10.9 Å². The maximum Gasteiger partial charge on any atom is 0.310 e. The van der Waals surface area contributed by atoms with Gasteiger partial charge in [0.15, 0.2) is 0 Å². The first kappa shape index (κ1) is 23.3. The Morgan fingerprint density at radius 3 is 2.33 bits per heavy atom. The van der Waals surface area contributed by atoms with Crippen molar-refractivity contribution in [2.45, 2.75) is 49.6 Å². The van der Waals surface area contributed by atoms with Gasteiger partial charge in [0, 0.05) is 12.3 Å². The standard InChI is InChI=1S/C20H19F7N4OS/c1-11(13-4-3-5-14(8-13)33(23,24,25,26)27)28-18-15-10-31(20(6-7-20)19(21)22)17(32)9-16(15)29-12(2)30-18/h3-5,8-11,19H,6-7H2,1-2H3,(H,28,29,30). The van der Waals surface area contributed by atoms with E-state index in [-0.39, 0.29) is 41.0 Å². The highest BCUT2D eigenvalue weighted by Gasteiger charge is 2.65.